The van der Waals surface area contributed by atoms with Gasteiger partial charge in [-0.05, 0) is 48.4 Å². The number of nitrogens with one attached hydrogen (secondary N) is 1. The molecular formula is C20H23N3O2. The molecule has 1 heterocycles. The van der Waals surface area contributed by atoms with Crippen molar-refractivity contribution >= 4 is 16.7 Å². The molecule has 25 heavy (non-hydrogen) atoms. The SMILES string of the molecule is COc1ccc2cc(CNC(=O)Cc3c(C)nn(C)c3C)ccc2c1. The maximum Gasteiger partial charge on any atom is 0.224 e. The minimum atomic E-state index is 0.00836. The number of aryl methyl sites for hydroxylation is 2. The molecule has 3 aromatic rings. The molecule has 1 amide bonds. The van der Waals surface area contributed by atoms with Crippen LogP contribution in [0.2, 0.25) is 0 Å². The minimum absolute atomic E-state index is 0.00836. The number of amides is 1. The zero-order valence-electron chi connectivity index (χ0n) is 15.1. The zero-order chi connectivity index (χ0) is 18.0. The van der Waals surface area contributed by atoms with Gasteiger partial charge in [0.25, 0.3) is 0 Å². The van der Waals surface area contributed by atoms with Crippen LogP contribution in [-0.4, -0.2) is 22.8 Å². The molecule has 0 atom stereocenters. The summed E-state index contributed by atoms with van der Waals surface area (Å²) in [7, 11) is 3.56. The standard InChI is InChI=1S/C20H23N3O2/c1-13-19(14(2)23(3)22-13)11-20(24)21-12-15-5-6-17-10-18(25-4)8-7-16(17)9-15/h5-10H,11-12H2,1-4H3,(H,21,24). The smallest absolute Gasteiger partial charge is 0.224 e. The van der Waals surface area contributed by atoms with E-state index in [1.807, 2.05) is 49.8 Å². The molecular weight excluding hydrogens is 314 g/mol. The largest absolute Gasteiger partial charge is 0.497 e. The van der Waals surface area contributed by atoms with E-state index in [1.165, 1.54) is 0 Å². The number of carbonyl (C=O) groups excluding carboxylic acids is 1. The van der Waals surface area contributed by atoms with E-state index in [0.717, 1.165) is 39.0 Å². The van der Waals surface area contributed by atoms with Gasteiger partial charge in [0.1, 0.15) is 5.75 Å². The molecule has 5 nitrogen and oxygen atoms in total. The Bertz CT molecular complexity index is 928. The molecule has 0 saturated heterocycles. The summed E-state index contributed by atoms with van der Waals surface area (Å²) in [5, 5.41) is 9.61. The topological polar surface area (TPSA) is 56.1 Å². The summed E-state index contributed by atoms with van der Waals surface area (Å²) < 4.78 is 7.06. The third-order valence-corrected chi connectivity index (χ3v) is 4.60. The summed E-state index contributed by atoms with van der Waals surface area (Å²) >= 11 is 0. The van der Waals surface area contributed by atoms with Crippen LogP contribution in [0.1, 0.15) is 22.5 Å². The van der Waals surface area contributed by atoms with Crippen LogP contribution in [0.3, 0.4) is 0 Å². The van der Waals surface area contributed by atoms with Crippen LogP contribution < -0.4 is 10.1 Å². The molecule has 0 radical (unpaired) electrons. The van der Waals surface area contributed by atoms with E-state index >= 15 is 0 Å². The second-order valence-electron chi connectivity index (χ2n) is 6.27. The van der Waals surface area contributed by atoms with Crippen molar-refractivity contribution in [2.24, 2.45) is 7.05 Å². The van der Waals surface area contributed by atoms with Gasteiger partial charge in [0.15, 0.2) is 0 Å². The fourth-order valence-electron chi connectivity index (χ4n) is 3.01. The van der Waals surface area contributed by atoms with E-state index < -0.39 is 0 Å². The number of hydrogen-bond donors (Lipinski definition) is 1. The van der Waals surface area contributed by atoms with Gasteiger partial charge < -0.3 is 10.1 Å². The van der Waals surface area contributed by atoms with E-state index in [1.54, 1.807) is 7.11 Å². The van der Waals surface area contributed by atoms with E-state index in [-0.39, 0.29) is 5.91 Å². The van der Waals surface area contributed by atoms with Crippen molar-refractivity contribution in [1.82, 2.24) is 15.1 Å². The van der Waals surface area contributed by atoms with Gasteiger partial charge in [0.05, 0.1) is 19.2 Å². The number of hydrogen-bond acceptors (Lipinski definition) is 3. The third-order valence-electron chi connectivity index (χ3n) is 4.60. The predicted octanol–water partition coefficient (Wildman–Crippen LogP) is 3.06. The molecule has 1 N–H and O–H groups in total. The van der Waals surface area contributed by atoms with Crippen molar-refractivity contribution in [2.45, 2.75) is 26.8 Å². The maximum atomic E-state index is 12.3. The molecule has 3 rings (SSSR count). The van der Waals surface area contributed by atoms with Crippen molar-refractivity contribution in [1.29, 1.82) is 0 Å². The first-order valence-electron chi connectivity index (χ1n) is 8.30. The number of nitrogens with zero attached hydrogens (tertiary/aromatic N) is 2. The number of ether oxygens (including phenoxy) is 1. The first kappa shape index (κ1) is 17.0. The summed E-state index contributed by atoms with van der Waals surface area (Å²) in [5.74, 6) is 0.852. The van der Waals surface area contributed by atoms with Gasteiger partial charge in [-0.15, -0.1) is 0 Å². The Morgan fingerprint density at radius 1 is 1.16 bits per heavy atom. The Hall–Kier alpha value is -2.82. The molecule has 0 aliphatic carbocycles. The van der Waals surface area contributed by atoms with Gasteiger partial charge in [0, 0.05) is 24.8 Å². The number of rotatable bonds is 5. The van der Waals surface area contributed by atoms with Crippen LogP contribution >= 0.6 is 0 Å². The molecule has 0 unspecified atom stereocenters. The molecule has 0 bridgehead atoms. The van der Waals surface area contributed by atoms with Gasteiger partial charge in [-0.1, -0.05) is 18.2 Å². The molecule has 130 valence electrons. The van der Waals surface area contributed by atoms with Gasteiger partial charge in [-0.3, -0.25) is 9.48 Å². The first-order chi connectivity index (χ1) is 12.0. The molecule has 0 fully saturated rings. The van der Waals surface area contributed by atoms with Crippen molar-refractivity contribution < 1.29 is 9.53 Å². The Labute approximate surface area is 147 Å². The van der Waals surface area contributed by atoms with Crippen LogP contribution in [0.25, 0.3) is 10.8 Å². The number of carbonyl (C=O) groups is 1. The summed E-state index contributed by atoms with van der Waals surface area (Å²) in [5.41, 5.74) is 4.03. The lowest BCUT2D eigenvalue weighted by atomic mass is 10.1. The van der Waals surface area contributed by atoms with E-state index in [4.69, 9.17) is 4.74 Å². The average Bonchev–Trinajstić information content (AvgIpc) is 2.85. The lowest BCUT2D eigenvalue weighted by molar-refractivity contribution is -0.120. The van der Waals surface area contributed by atoms with Crippen LogP contribution in [0.15, 0.2) is 36.4 Å². The molecule has 2 aromatic carbocycles. The highest BCUT2D eigenvalue weighted by atomic mass is 16.5. The lowest BCUT2D eigenvalue weighted by Gasteiger charge is -2.08. The second kappa shape index (κ2) is 6.97. The zero-order valence-corrected chi connectivity index (χ0v) is 15.1. The summed E-state index contributed by atoms with van der Waals surface area (Å²) in [6.07, 6.45) is 0.357. The Kier molecular flexibility index (Phi) is 4.74. The molecule has 1 aromatic heterocycles. The quantitative estimate of drug-likeness (QED) is 0.778. The van der Waals surface area contributed by atoms with Crippen molar-refractivity contribution in [3.63, 3.8) is 0 Å². The van der Waals surface area contributed by atoms with Gasteiger partial charge >= 0.3 is 0 Å². The maximum absolute atomic E-state index is 12.3. The molecule has 0 aliphatic heterocycles. The van der Waals surface area contributed by atoms with Crippen molar-refractivity contribution in [3.8, 4) is 5.75 Å². The van der Waals surface area contributed by atoms with Crippen LogP contribution in [0.5, 0.6) is 5.75 Å². The molecule has 0 spiro atoms. The highest BCUT2D eigenvalue weighted by Gasteiger charge is 2.13. The van der Waals surface area contributed by atoms with Crippen LogP contribution in [0, 0.1) is 13.8 Å². The summed E-state index contributed by atoms with van der Waals surface area (Å²) in [4.78, 5) is 12.3. The number of aromatic nitrogens is 2. The van der Waals surface area contributed by atoms with Gasteiger partial charge in [-0.2, -0.15) is 5.10 Å². The predicted molar refractivity (Wildman–Crippen MR) is 98.7 cm³/mol. The molecule has 5 heteroatoms. The Morgan fingerprint density at radius 3 is 2.56 bits per heavy atom. The first-order valence-corrected chi connectivity index (χ1v) is 8.30. The fourth-order valence-corrected chi connectivity index (χ4v) is 3.01. The average molecular weight is 337 g/mol. The van der Waals surface area contributed by atoms with Gasteiger partial charge in [0.2, 0.25) is 5.91 Å². The summed E-state index contributed by atoms with van der Waals surface area (Å²) in [6.45, 7) is 4.44. The van der Waals surface area contributed by atoms with Gasteiger partial charge in [-0.25, -0.2) is 0 Å². The number of fused-ring (bicyclic) bond motifs is 1. The summed E-state index contributed by atoms with van der Waals surface area (Å²) in [6, 6.07) is 12.2. The van der Waals surface area contributed by atoms with E-state index in [2.05, 4.69) is 22.5 Å². The normalized spacial score (nSPS) is 10.9. The Morgan fingerprint density at radius 2 is 1.88 bits per heavy atom. The molecule has 0 saturated carbocycles. The number of benzene rings is 2. The fraction of sp³-hybridized carbons (Fsp3) is 0.300. The van der Waals surface area contributed by atoms with Crippen molar-refractivity contribution in [2.75, 3.05) is 7.11 Å². The lowest BCUT2D eigenvalue weighted by Crippen LogP contribution is -2.25. The van der Waals surface area contributed by atoms with E-state index in [0.29, 0.717) is 13.0 Å². The monoisotopic (exact) mass is 337 g/mol. The molecule has 0 aliphatic rings. The second-order valence-corrected chi connectivity index (χ2v) is 6.27. The van der Waals surface area contributed by atoms with Crippen molar-refractivity contribution in [3.05, 3.63) is 58.9 Å². The highest BCUT2D eigenvalue weighted by Crippen LogP contribution is 2.22. The number of methoxy groups -OCH3 is 1. The highest BCUT2D eigenvalue weighted by molar-refractivity contribution is 5.85. The third kappa shape index (κ3) is 3.65. The van der Waals surface area contributed by atoms with E-state index in [9.17, 15) is 4.79 Å². The minimum Gasteiger partial charge on any atom is -0.497 e. The van der Waals surface area contributed by atoms with Crippen LogP contribution in [-0.2, 0) is 24.8 Å². The Balaban J connectivity index is 1.66. The van der Waals surface area contributed by atoms with Crippen LogP contribution in [0.4, 0.5) is 0 Å².